The van der Waals surface area contributed by atoms with E-state index < -0.39 is 14.3 Å². The molecule has 0 aliphatic heterocycles. The van der Waals surface area contributed by atoms with E-state index in [1.165, 1.54) is 43.1 Å². The third kappa shape index (κ3) is 8.42. The maximum Gasteiger partial charge on any atom is 0.171 e. The summed E-state index contributed by atoms with van der Waals surface area (Å²) in [7, 11) is -6.37. The van der Waals surface area contributed by atoms with Gasteiger partial charge >= 0.3 is 0 Å². The molecule has 0 heterocycles. The van der Waals surface area contributed by atoms with Crippen LogP contribution >= 0.6 is 14.3 Å². The van der Waals surface area contributed by atoms with Crippen LogP contribution in [0.5, 0.6) is 0 Å². The van der Waals surface area contributed by atoms with Crippen LogP contribution in [0, 0.1) is 0 Å². The lowest BCUT2D eigenvalue weighted by atomic mass is 9.83. The first-order valence-electron chi connectivity index (χ1n) is 27.9. The molecule has 15 aromatic carbocycles. The van der Waals surface area contributed by atoms with Crippen molar-refractivity contribution in [3.05, 3.63) is 315 Å². The maximum absolute atomic E-state index is 15.5. The Morgan fingerprint density at radius 1 is 0.171 bits per heavy atom. The van der Waals surface area contributed by atoms with Gasteiger partial charge in [0, 0.05) is 31.8 Å². The second-order valence-corrected chi connectivity index (χ2v) is 27.0. The minimum Gasteiger partial charge on any atom is -0.309 e. The molecule has 0 N–H and O–H groups in total. The quantitative estimate of drug-likeness (QED) is 0.101. The highest BCUT2D eigenvalue weighted by Gasteiger charge is 2.31. The van der Waals surface area contributed by atoms with Gasteiger partial charge in [-0.2, -0.15) is 0 Å². The molecule has 0 fully saturated rings. The van der Waals surface area contributed by atoms with Crippen LogP contribution in [0.25, 0.3) is 109 Å². The van der Waals surface area contributed by atoms with Crippen molar-refractivity contribution in [3.8, 4) is 44.5 Å². The summed E-state index contributed by atoms with van der Waals surface area (Å²) in [5.41, 5.74) is 8.77. The van der Waals surface area contributed by atoms with Crippen molar-refractivity contribution < 1.29 is 9.13 Å². The van der Waals surface area contributed by atoms with E-state index in [0.29, 0.717) is 0 Å². The van der Waals surface area contributed by atoms with Crippen molar-refractivity contribution in [2.24, 2.45) is 0 Å². The third-order valence-electron chi connectivity index (χ3n) is 16.7. The molecule has 2 nitrogen and oxygen atoms in total. The lowest BCUT2D eigenvalue weighted by Crippen LogP contribution is -2.24. The Labute approximate surface area is 477 Å². The van der Waals surface area contributed by atoms with Crippen molar-refractivity contribution in [1.82, 2.24) is 0 Å². The molecule has 4 heteroatoms. The van der Waals surface area contributed by atoms with Gasteiger partial charge in [0.25, 0.3) is 0 Å². The van der Waals surface area contributed by atoms with Crippen LogP contribution < -0.4 is 31.8 Å². The van der Waals surface area contributed by atoms with Gasteiger partial charge in [-0.1, -0.05) is 267 Å². The molecular formula is C78H52O2P2. The monoisotopic (exact) mass is 1080 g/mol. The molecule has 15 aromatic rings. The standard InChI is InChI=1S/C78H52O2P2/c79-81(67-21-5-1-6-22-67,68-23-7-2-8-24-68)71-39-33-53(34-40-71)61-37-43-73-75(51-61)77(63-31-29-59-45-55-17-13-15-19-57(55)47-65(59)49-63)74-44-38-62(52-76(74)78(73)64-32-30-60-46-56-18-14-16-20-58(56)48-66(60)50-64)54-35-41-72(42-36-54)82(80,69-25-9-3-10-26-69)70-27-11-4-12-28-70/h1-52H. The first kappa shape index (κ1) is 49.4. The topological polar surface area (TPSA) is 34.1 Å². The Balaban J connectivity index is 0.961. The molecule has 0 amide bonds. The van der Waals surface area contributed by atoms with Gasteiger partial charge < -0.3 is 9.13 Å². The summed E-state index contributed by atoms with van der Waals surface area (Å²) in [6.07, 6.45) is 0. The summed E-state index contributed by atoms with van der Waals surface area (Å²) in [6, 6.07) is 111. The second kappa shape index (κ2) is 20.1. The SMILES string of the molecule is O=P(c1ccccc1)(c1ccccc1)c1ccc(-c2ccc3c(-c4ccc5cc6ccccc6cc5c4)c4cc(-c5ccc(P(=O)(c6ccccc6)c6ccccc6)cc5)ccc4c(-c4ccc5cc6ccccc6cc5c4)c3c2)cc1. The molecule has 0 spiro atoms. The van der Waals surface area contributed by atoms with Crippen molar-refractivity contribution >= 4 is 111 Å². The molecule has 0 saturated heterocycles. The molecule has 386 valence electrons. The fourth-order valence-electron chi connectivity index (χ4n) is 12.6. The first-order chi connectivity index (χ1) is 40.4. The molecule has 0 aliphatic rings. The average Bonchev–Trinajstić information content (AvgIpc) is 2.56. The number of hydrogen-bond acceptors (Lipinski definition) is 2. The van der Waals surface area contributed by atoms with E-state index >= 15 is 9.13 Å². The molecule has 15 rings (SSSR count). The summed E-state index contributed by atoms with van der Waals surface area (Å²) < 4.78 is 31.0. The molecular weight excluding hydrogens is 1030 g/mol. The fourth-order valence-corrected chi connectivity index (χ4v) is 17.9. The van der Waals surface area contributed by atoms with Crippen molar-refractivity contribution in [3.63, 3.8) is 0 Å². The van der Waals surface area contributed by atoms with Gasteiger partial charge in [0.1, 0.15) is 0 Å². The van der Waals surface area contributed by atoms with Crippen LogP contribution in [0.3, 0.4) is 0 Å². The van der Waals surface area contributed by atoms with Crippen molar-refractivity contribution in [1.29, 1.82) is 0 Å². The molecule has 0 saturated carbocycles. The van der Waals surface area contributed by atoms with E-state index in [1.54, 1.807) is 0 Å². The summed E-state index contributed by atoms with van der Waals surface area (Å²) >= 11 is 0. The molecule has 82 heavy (non-hydrogen) atoms. The van der Waals surface area contributed by atoms with Gasteiger partial charge in [0.2, 0.25) is 0 Å². The second-order valence-electron chi connectivity index (χ2n) is 21.4. The number of hydrogen-bond donors (Lipinski definition) is 0. The number of benzene rings is 15. The smallest absolute Gasteiger partial charge is 0.171 e. The van der Waals surface area contributed by atoms with Gasteiger partial charge in [-0.25, -0.2) is 0 Å². The zero-order chi connectivity index (χ0) is 54.8. The lowest BCUT2D eigenvalue weighted by Gasteiger charge is -2.21. The summed E-state index contributed by atoms with van der Waals surface area (Å²) in [6.45, 7) is 0. The predicted molar refractivity (Wildman–Crippen MR) is 352 cm³/mol. The maximum atomic E-state index is 15.5. The van der Waals surface area contributed by atoms with Gasteiger partial charge in [0.15, 0.2) is 14.3 Å². The highest BCUT2D eigenvalue weighted by Crippen LogP contribution is 2.49. The van der Waals surface area contributed by atoms with Gasteiger partial charge in [0.05, 0.1) is 0 Å². The fraction of sp³-hybridized carbons (Fsp3) is 0. The van der Waals surface area contributed by atoms with Crippen LogP contribution in [-0.4, -0.2) is 0 Å². The highest BCUT2D eigenvalue weighted by molar-refractivity contribution is 7.85. The van der Waals surface area contributed by atoms with Crippen molar-refractivity contribution in [2.45, 2.75) is 0 Å². The minimum atomic E-state index is -3.19. The first-order valence-corrected chi connectivity index (χ1v) is 31.3. The molecule has 0 aromatic heterocycles. The summed E-state index contributed by atoms with van der Waals surface area (Å²) in [5.74, 6) is 0. The molecule has 0 radical (unpaired) electrons. The van der Waals surface area contributed by atoms with Crippen LogP contribution in [0.4, 0.5) is 0 Å². The van der Waals surface area contributed by atoms with Crippen LogP contribution in [-0.2, 0) is 9.13 Å². The van der Waals surface area contributed by atoms with E-state index in [2.05, 4.69) is 194 Å². The van der Waals surface area contributed by atoms with E-state index in [-0.39, 0.29) is 0 Å². The van der Waals surface area contributed by atoms with Gasteiger partial charge in [-0.3, -0.25) is 0 Å². The summed E-state index contributed by atoms with van der Waals surface area (Å²) in [5, 5.41) is 19.0. The normalized spacial score (nSPS) is 12.0. The van der Waals surface area contributed by atoms with Crippen LogP contribution in [0.1, 0.15) is 0 Å². The Kier molecular flexibility index (Phi) is 12.1. The molecule has 0 unspecified atom stereocenters. The third-order valence-corrected chi connectivity index (χ3v) is 22.9. The van der Waals surface area contributed by atoms with Crippen LogP contribution in [0.2, 0.25) is 0 Å². The zero-order valence-electron chi connectivity index (χ0n) is 44.7. The Bertz CT molecular complexity index is 4650. The lowest BCUT2D eigenvalue weighted by molar-refractivity contribution is 0.591. The zero-order valence-corrected chi connectivity index (χ0v) is 46.5. The predicted octanol–water partition coefficient (Wildman–Crippen LogP) is 18.6. The minimum absolute atomic E-state index is 0.794. The van der Waals surface area contributed by atoms with E-state index in [9.17, 15) is 0 Å². The van der Waals surface area contributed by atoms with Gasteiger partial charge in [-0.15, -0.1) is 0 Å². The molecule has 0 aliphatic carbocycles. The number of fused-ring (bicyclic) bond motifs is 6. The van der Waals surface area contributed by atoms with Gasteiger partial charge in [-0.05, 0) is 158 Å². The summed E-state index contributed by atoms with van der Waals surface area (Å²) in [4.78, 5) is 0. The largest absolute Gasteiger partial charge is 0.309 e. The molecule has 0 bridgehead atoms. The van der Waals surface area contributed by atoms with E-state index in [1.807, 2.05) is 121 Å². The Morgan fingerprint density at radius 2 is 0.427 bits per heavy atom. The van der Waals surface area contributed by atoms with E-state index in [0.717, 1.165) is 97.9 Å². The molecule has 0 atom stereocenters. The Hall–Kier alpha value is -9.68. The average molecular weight is 1080 g/mol. The Morgan fingerprint density at radius 3 is 0.756 bits per heavy atom. The number of rotatable bonds is 10. The van der Waals surface area contributed by atoms with Crippen LogP contribution in [0.15, 0.2) is 315 Å². The van der Waals surface area contributed by atoms with Crippen molar-refractivity contribution in [2.75, 3.05) is 0 Å². The van der Waals surface area contributed by atoms with E-state index in [4.69, 9.17) is 0 Å². The highest BCUT2D eigenvalue weighted by atomic mass is 31.2.